The molecule has 0 aliphatic carbocycles. The molecule has 0 unspecified atom stereocenters. The SMILES string of the molecule is CCC(CO)(CO)NC(=O)Nc1cc(F)cc(F)c1. The summed E-state index contributed by atoms with van der Waals surface area (Å²) in [5.41, 5.74) is -1.23. The maximum atomic E-state index is 12.9. The van der Waals surface area contributed by atoms with Crippen molar-refractivity contribution < 1.29 is 23.8 Å². The molecule has 0 saturated heterocycles. The Kier molecular flexibility index (Phi) is 5.20. The Morgan fingerprint density at radius 2 is 1.74 bits per heavy atom. The lowest BCUT2D eigenvalue weighted by molar-refractivity contribution is 0.0955. The molecule has 7 heteroatoms. The van der Waals surface area contributed by atoms with Gasteiger partial charge in [-0.1, -0.05) is 6.92 Å². The first-order valence-electron chi connectivity index (χ1n) is 5.71. The van der Waals surface area contributed by atoms with Gasteiger partial charge in [-0.15, -0.1) is 0 Å². The number of rotatable bonds is 5. The quantitative estimate of drug-likeness (QED) is 0.651. The number of amides is 2. The molecule has 0 spiro atoms. The summed E-state index contributed by atoms with van der Waals surface area (Å²) in [6.45, 7) is 0.768. The molecule has 0 radical (unpaired) electrons. The third-order valence-corrected chi connectivity index (χ3v) is 2.78. The van der Waals surface area contributed by atoms with E-state index in [0.29, 0.717) is 12.5 Å². The van der Waals surface area contributed by atoms with Crippen molar-refractivity contribution in [3.05, 3.63) is 29.8 Å². The van der Waals surface area contributed by atoms with Crippen molar-refractivity contribution in [3.63, 3.8) is 0 Å². The Morgan fingerprint density at radius 3 is 2.16 bits per heavy atom. The zero-order valence-corrected chi connectivity index (χ0v) is 10.4. The minimum absolute atomic E-state index is 0.0594. The third kappa shape index (κ3) is 4.15. The van der Waals surface area contributed by atoms with Gasteiger partial charge in [0, 0.05) is 11.8 Å². The highest BCUT2D eigenvalue weighted by Crippen LogP contribution is 2.14. The van der Waals surface area contributed by atoms with Crippen LogP contribution in [0.1, 0.15) is 13.3 Å². The van der Waals surface area contributed by atoms with E-state index in [1.165, 1.54) is 0 Å². The second kappa shape index (κ2) is 6.44. The Morgan fingerprint density at radius 1 is 1.21 bits per heavy atom. The highest BCUT2D eigenvalue weighted by molar-refractivity contribution is 5.89. The van der Waals surface area contributed by atoms with Crippen molar-refractivity contribution in [3.8, 4) is 0 Å². The normalized spacial score (nSPS) is 11.2. The summed E-state index contributed by atoms with van der Waals surface area (Å²) in [4.78, 5) is 11.6. The lowest BCUT2D eigenvalue weighted by Crippen LogP contribution is -2.55. The number of benzene rings is 1. The van der Waals surface area contributed by atoms with Crippen molar-refractivity contribution >= 4 is 11.7 Å². The number of carbonyl (C=O) groups is 1. The summed E-state index contributed by atoms with van der Waals surface area (Å²) in [7, 11) is 0. The topological polar surface area (TPSA) is 81.6 Å². The van der Waals surface area contributed by atoms with E-state index in [9.17, 15) is 13.6 Å². The Balaban J connectivity index is 2.74. The van der Waals surface area contributed by atoms with Gasteiger partial charge in [-0.2, -0.15) is 0 Å². The van der Waals surface area contributed by atoms with E-state index in [1.54, 1.807) is 6.92 Å². The molecule has 0 saturated carbocycles. The molecule has 4 N–H and O–H groups in total. The van der Waals surface area contributed by atoms with Gasteiger partial charge in [-0.25, -0.2) is 13.6 Å². The molecule has 0 atom stereocenters. The maximum absolute atomic E-state index is 12.9. The zero-order chi connectivity index (χ0) is 14.5. The molecule has 0 aromatic heterocycles. The molecule has 0 aliphatic rings. The predicted molar refractivity (Wildman–Crippen MR) is 65.7 cm³/mol. The van der Waals surface area contributed by atoms with E-state index < -0.39 is 36.4 Å². The van der Waals surface area contributed by atoms with Crippen LogP contribution in [-0.4, -0.2) is 35.0 Å². The monoisotopic (exact) mass is 274 g/mol. The van der Waals surface area contributed by atoms with Crippen LogP contribution in [-0.2, 0) is 0 Å². The number of aliphatic hydroxyl groups is 2. The fraction of sp³-hybridized carbons (Fsp3) is 0.417. The Hall–Kier alpha value is -1.73. The number of carbonyl (C=O) groups excluding carboxylic acids is 1. The second-order valence-electron chi connectivity index (χ2n) is 4.19. The van der Waals surface area contributed by atoms with Crippen LogP contribution in [0, 0.1) is 11.6 Å². The number of hydrogen-bond acceptors (Lipinski definition) is 3. The fourth-order valence-electron chi connectivity index (χ4n) is 1.47. The van der Waals surface area contributed by atoms with Gasteiger partial charge in [0.2, 0.25) is 0 Å². The third-order valence-electron chi connectivity index (χ3n) is 2.78. The molecule has 19 heavy (non-hydrogen) atoms. The van der Waals surface area contributed by atoms with Crippen LogP contribution < -0.4 is 10.6 Å². The molecular weight excluding hydrogens is 258 g/mol. The zero-order valence-electron chi connectivity index (χ0n) is 10.4. The molecule has 0 heterocycles. The van der Waals surface area contributed by atoms with Crippen LogP contribution in [0.3, 0.4) is 0 Å². The first-order valence-corrected chi connectivity index (χ1v) is 5.71. The summed E-state index contributed by atoms with van der Waals surface area (Å²) in [5.74, 6) is -1.64. The van der Waals surface area contributed by atoms with E-state index >= 15 is 0 Å². The predicted octanol–water partition coefficient (Wildman–Crippen LogP) is 1.22. The first-order chi connectivity index (χ1) is 8.94. The lowest BCUT2D eigenvalue weighted by atomic mass is 9.99. The van der Waals surface area contributed by atoms with Crippen LogP contribution in [0.5, 0.6) is 0 Å². The number of urea groups is 1. The van der Waals surface area contributed by atoms with Gasteiger partial charge in [-0.3, -0.25) is 0 Å². The van der Waals surface area contributed by atoms with Gasteiger partial charge >= 0.3 is 6.03 Å². The Bertz CT molecular complexity index is 422. The average Bonchev–Trinajstić information content (AvgIpc) is 2.35. The highest BCUT2D eigenvalue weighted by Gasteiger charge is 2.28. The maximum Gasteiger partial charge on any atom is 0.319 e. The minimum Gasteiger partial charge on any atom is -0.394 e. The average molecular weight is 274 g/mol. The summed E-state index contributed by atoms with van der Waals surface area (Å²) in [6.07, 6.45) is 0.297. The van der Waals surface area contributed by atoms with Crippen molar-refractivity contribution in [1.82, 2.24) is 5.32 Å². The van der Waals surface area contributed by atoms with Crippen LogP contribution in [0.15, 0.2) is 18.2 Å². The van der Waals surface area contributed by atoms with E-state index in [-0.39, 0.29) is 5.69 Å². The molecule has 5 nitrogen and oxygen atoms in total. The first kappa shape index (κ1) is 15.3. The smallest absolute Gasteiger partial charge is 0.319 e. The summed E-state index contributed by atoms with van der Waals surface area (Å²) < 4.78 is 25.8. The van der Waals surface area contributed by atoms with Gasteiger partial charge in [-0.05, 0) is 18.6 Å². The van der Waals surface area contributed by atoms with Crippen LogP contribution >= 0.6 is 0 Å². The number of anilines is 1. The van der Waals surface area contributed by atoms with Crippen molar-refractivity contribution in [2.75, 3.05) is 18.5 Å². The number of halogens is 2. The fourth-order valence-corrected chi connectivity index (χ4v) is 1.47. The van der Waals surface area contributed by atoms with Crippen molar-refractivity contribution in [2.24, 2.45) is 0 Å². The Labute approximate surface area is 109 Å². The summed E-state index contributed by atoms with van der Waals surface area (Å²) in [6, 6.07) is 1.82. The summed E-state index contributed by atoms with van der Waals surface area (Å²) in [5, 5.41) is 22.9. The largest absolute Gasteiger partial charge is 0.394 e. The van der Waals surface area contributed by atoms with E-state index in [0.717, 1.165) is 12.1 Å². The van der Waals surface area contributed by atoms with Crippen molar-refractivity contribution in [1.29, 1.82) is 0 Å². The highest BCUT2D eigenvalue weighted by atomic mass is 19.1. The van der Waals surface area contributed by atoms with Gasteiger partial charge in [0.15, 0.2) is 0 Å². The standard InChI is InChI=1S/C12H16F2N2O3/c1-2-12(6-17,7-18)16-11(19)15-10-4-8(13)3-9(14)5-10/h3-5,17-18H,2,6-7H2,1H3,(H2,15,16,19). The van der Waals surface area contributed by atoms with E-state index in [1.807, 2.05) is 0 Å². The minimum atomic E-state index is -1.17. The van der Waals surface area contributed by atoms with Gasteiger partial charge in [0.05, 0.1) is 18.8 Å². The van der Waals surface area contributed by atoms with Gasteiger partial charge < -0.3 is 20.8 Å². The van der Waals surface area contributed by atoms with Gasteiger partial charge in [0.1, 0.15) is 11.6 Å². The van der Waals surface area contributed by atoms with Crippen molar-refractivity contribution in [2.45, 2.75) is 18.9 Å². The lowest BCUT2D eigenvalue weighted by Gasteiger charge is -2.29. The van der Waals surface area contributed by atoms with Crippen LogP contribution in [0.4, 0.5) is 19.3 Å². The van der Waals surface area contributed by atoms with Gasteiger partial charge in [0.25, 0.3) is 0 Å². The summed E-state index contributed by atoms with van der Waals surface area (Å²) >= 11 is 0. The van der Waals surface area contributed by atoms with Crippen LogP contribution in [0.25, 0.3) is 0 Å². The van der Waals surface area contributed by atoms with E-state index in [4.69, 9.17) is 10.2 Å². The molecule has 0 bridgehead atoms. The second-order valence-corrected chi connectivity index (χ2v) is 4.19. The number of hydrogen-bond donors (Lipinski definition) is 4. The molecule has 2 amide bonds. The van der Waals surface area contributed by atoms with Crippen LogP contribution in [0.2, 0.25) is 0 Å². The molecular formula is C12H16F2N2O3. The number of nitrogens with one attached hydrogen (secondary N) is 2. The molecule has 106 valence electrons. The number of aliphatic hydroxyl groups excluding tert-OH is 2. The molecule has 1 aromatic carbocycles. The molecule has 0 fully saturated rings. The molecule has 1 rings (SSSR count). The van der Waals surface area contributed by atoms with E-state index in [2.05, 4.69) is 10.6 Å². The molecule has 0 aliphatic heterocycles. The molecule has 1 aromatic rings.